The minimum Gasteiger partial charge on any atom is -0.446 e. The van der Waals surface area contributed by atoms with Gasteiger partial charge in [0, 0.05) is 29.1 Å². The lowest BCUT2D eigenvalue weighted by Gasteiger charge is -2.53. The third-order valence-electron chi connectivity index (χ3n) is 9.13. The SMILES string of the molecule is C[C@](Cc1c[nH]c2ccccc12)(NC(=O)OC1C2CC3CC(C2)CC1C3)C(=O)NCC(=NO)c1ccccc1. The van der Waals surface area contributed by atoms with Crippen LogP contribution in [0.15, 0.2) is 65.9 Å². The predicted molar refractivity (Wildman–Crippen MR) is 149 cm³/mol. The summed E-state index contributed by atoms with van der Waals surface area (Å²) in [6, 6.07) is 17.1. The van der Waals surface area contributed by atoms with Crippen molar-refractivity contribution in [2.45, 2.75) is 57.1 Å². The number of aromatic nitrogens is 1. The van der Waals surface area contributed by atoms with E-state index in [1.807, 2.05) is 60.8 Å². The number of hydrogen-bond donors (Lipinski definition) is 4. The zero-order chi connectivity index (χ0) is 27.0. The standard InChI is InChI=1S/C31H36N4O4/c1-31(16-24-17-32-26-10-6-5-9-25(24)26,29(36)33-18-27(35-38)21-7-3-2-4-8-21)34-30(37)39-28-22-12-19-11-20(14-22)15-23(28)13-19/h2-10,17,19-20,22-23,28,32,38H,11-16,18H2,1H3,(H,33,36)(H,34,37)/t19?,20?,22?,23?,28?,31-/m1/s1. The van der Waals surface area contributed by atoms with Gasteiger partial charge in [-0.2, -0.15) is 0 Å². The van der Waals surface area contributed by atoms with E-state index >= 15 is 0 Å². The monoisotopic (exact) mass is 528 g/mol. The first-order valence-corrected chi connectivity index (χ1v) is 14.0. The molecule has 2 aromatic carbocycles. The van der Waals surface area contributed by atoms with Gasteiger partial charge in [0.1, 0.15) is 17.4 Å². The van der Waals surface area contributed by atoms with Crippen molar-refractivity contribution in [3.8, 4) is 0 Å². The van der Waals surface area contributed by atoms with E-state index in [2.05, 4.69) is 20.8 Å². The van der Waals surface area contributed by atoms with Crippen molar-refractivity contribution in [3.05, 3.63) is 71.9 Å². The molecule has 4 bridgehead atoms. The Labute approximate surface area is 228 Å². The Morgan fingerprint density at radius 1 is 1.00 bits per heavy atom. The third-order valence-corrected chi connectivity index (χ3v) is 9.13. The van der Waals surface area contributed by atoms with E-state index in [0.29, 0.717) is 23.1 Å². The predicted octanol–water partition coefficient (Wildman–Crippen LogP) is 5.01. The molecule has 7 rings (SSSR count). The molecule has 0 saturated heterocycles. The number of hydrogen-bond acceptors (Lipinski definition) is 5. The second-order valence-electron chi connectivity index (χ2n) is 11.9. The molecule has 0 unspecified atom stereocenters. The summed E-state index contributed by atoms with van der Waals surface area (Å²) in [5.41, 5.74) is 1.61. The van der Waals surface area contributed by atoms with E-state index in [-0.39, 0.29) is 25.0 Å². The summed E-state index contributed by atoms with van der Waals surface area (Å²) >= 11 is 0. The Kier molecular flexibility index (Phi) is 6.79. The van der Waals surface area contributed by atoms with Gasteiger partial charge < -0.3 is 25.6 Å². The maximum atomic E-state index is 13.7. The molecule has 1 heterocycles. The number of rotatable bonds is 8. The Hall–Kier alpha value is -3.81. The Balaban J connectivity index is 1.20. The fourth-order valence-electron chi connectivity index (χ4n) is 7.47. The average Bonchev–Trinajstić information content (AvgIpc) is 3.33. The number of nitrogens with zero attached hydrogens (tertiary/aromatic N) is 1. The summed E-state index contributed by atoms with van der Waals surface area (Å²) in [6.07, 6.45) is 7.40. The van der Waals surface area contributed by atoms with Crippen molar-refractivity contribution in [2.75, 3.05) is 6.54 Å². The van der Waals surface area contributed by atoms with Gasteiger partial charge in [0.05, 0.1) is 6.54 Å². The number of ether oxygens (including phenoxy) is 1. The van der Waals surface area contributed by atoms with Crippen molar-refractivity contribution in [1.29, 1.82) is 0 Å². The number of H-pyrrole nitrogens is 1. The lowest BCUT2D eigenvalue weighted by molar-refractivity contribution is -0.127. The van der Waals surface area contributed by atoms with Gasteiger partial charge in [0.25, 0.3) is 0 Å². The van der Waals surface area contributed by atoms with Gasteiger partial charge >= 0.3 is 6.09 Å². The molecule has 0 aliphatic heterocycles. The molecule has 4 saturated carbocycles. The van der Waals surface area contributed by atoms with Crippen LogP contribution in [-0.4, -0.2) is 46.1 Å². The van der Waals surface area contributed by atoms with E-state index in [9.17, 15) is 14.8 Å². The first-order chi connectivity index (χ1) is 18.9. The normalized spacial score (nSPS) is 27.2. The van der Waals surface area contributed by atoms with Gasteiger partial charge in [0.2, 0.25) is 5.91 Å². The number of carbonyl (C=O) groups is 2. The number of benzene rings is 2. The quantitative estimate of drug-likeness (QED) is 0.187. The average molecular weight is 529 g/mol. The second kappa shape index (κ2) is 10.4. The maximum Gasteiger partial charge on any atom is 0.408 e. The van der Waals surface area contributed by atoms with E-state index in [4.69, 9.17) is 4.74 Å². The first kappa shape index (κ1) is 25.5. The molecule has 4 aliphatic carbocycles. The van der Waals surface area contributed by atoms with Crippen molar-refractivity contribution in [1.82, 2.24) is 15.6 Å². The lowest BCUT2D eigenvalue weighted by Crippen LogP contribution is -2.60. The number of nitrogens with one attached hydrogen (secondary N) is 3. The van der Waals surface area contributed by atoms with Crippen LogP contribution in [0, 0.1) is 23.7 Å². The molecular weight excluding hydrogens is 492 g/mol. The molecule has 0 spiro atoms. The highest BCUT2D eigenvalue weighted by Crippen LogP contribution is 2.54. The molecule has 4 fully saturated rings. The van der Waals surface area contributed by atoms with Crippen LogP contribution in [0.1, 0.15) is 50.2 Å². The van der Waals surface area contributed by atoms with Crippen LogP contribution in [0.2, 0.25) is 0 Å². The van der Waals surface area contributed by atoms with Gasteiger partial charge in [-0.05, 0) is 74.3 Å². The molecule has 8 nitrogen and oxygen atoms in total. The van der Waals surface area contributed by atoms with Crippen molar-refractivity contribution < 1.29 is 19.5 Å². The second-order valence-corrected chi connectivity index (χ2v) is 11.9. The number of alkyl carbamates (subject to hydrolysis) is 1. The van der Waals surface area contributed by atoms with Crippen LogP contribution < -0.4 is 10.6 Å². The van der Waals surface area contributed by atoms with Crippen LogP contribution in [0.5, 0.6) is 0 Å². The molecule has 3 aromatic rings. The van der Waals surface area contributed by atoms with Crippen LogP contribution in [0.4, 0.5) is 4.79 Å². The summed E-state index contributed by atoms with van der Waals surface area (Å²) < 4.78 is 6.09. The molecule has 0 radical (unpaired) electrons. The molecule has 1 aromatic heterocycles. The van der Waals surface area contributed by atoms with E-state index in [0.717, 1.165) is 54.0 Å². The highest BCUT2D eigenvalue weighted by atomic mass is 16.6. The largest absolute Gasteiger partial charge is 0.446 e. The van der Waals surface area contributed by atoms with Gasteiger partial charge in [0.15, 0.2) is 0 Å². The Morgan fingerprint density at radius 2 is 1.67 bits per heavy atom. The summed E-state index contributed by atoms with van der Waals surface area (Å²) in [7, 11) is 0. The fraction of sp³-hybridized carbons (Fsp3) is 0.452. The molecule has 39 heavy (non-hydrogen) atoms. The van der Waals surface area contributed by atoms with E-state index in [1.54, 1.807) is 6.92 Å². The Bertz CT molecular complexity index is 1360. The molecule has 4 aliphatic rings. The first-order valence-electron chi connectivity index (χ1n) is 14.0. The number of oxime groups is 1. The third kappa shape index (κ3) is 5.12. The number of aromatic amines is 1. The van der Waals surface area contributed by atoms with Gasteiger partial charge in [-0.25, -0.2) is 4.79 Å². The van der Waals surface area contributed by atoms with Crippen LogP contribution in [0.3, 0.4) is 0 Å². The van der Waals surface area contributed by atoms with E-state index < -0.39 is 11.6 Å². The summed E-state index contributed by atoms with van der Waals surface area (Å²) in [4.78, 5) is 30.4. The number of carbonyl (C=O) groups excluding carboxylic acids is 2. The fourth-order valence-corrected chi connectivity index (χ4v) is 7.47. The topological polar surface area (TPSA) is 116 Å². The number of para-hydroxylation sites is 1. The minimum atomic E-state index is -1.30. The number of amides is 2. The minimum absolute atomic E-state index is 0.00903. The molecule has 4 N–H and O–H groups in total. The van der Waals surface area contributed by atoms with Crippen molar-refractivity contribution in [2.24, 2.45) is 28.8 Å². The van der Waals surface area contributed by atoms with Gasteiger partial charge in [-0.1, -0.05) is 53.7 Å². The molecule has 1 atom stereocenters. The van der Waals surface area contributed by atoms with Crippen LogP contribution in [0.25, 0.3) is 10.9 Å². The summed E-state index contributed by atoms with van der Waals surface area (Å²) in [5, 5.41) is 19.8. The highest BCUT2D eigenvalue weighted by molar-refractivity contribution is 6.04. The van der Waals surface area contributed by atoms with E-state index in [1.165, 1.54) is 6.42 Å². The number of fused-ring (bicyclic) bond motifs is 1. The Morgan fingerprint density at radius 3 is 2.36 bits per heavy atom. The zero-order valence-electron chi connectivity index (χ0n) is 22.2. The summed E-state index contributed by atoms with van der Waals surface area (Å²) in [6.45, 7) is 1.73. The van der Waals surface area contributed by atoms with Gasteiger partial charge in [-0.15, -0.1) is 0 Å². The zero-order valence-corrected chi connectivity index (χ0v) is 22.2. The van der Waals surface area contributed by atoms with Gasteiger partial charge in [-0.3, -0.25) is 4.79 Å². The smallest absolute Gasteiger partial charge is 0.408 e. The van der Waals surface area contributed by atoms with Crippen LogP contribution in [-0.2, 0) is 16.0 Å². The summed E-state index contributed by atoms with van der Waals surface area (Å²) in [5.74, 6) is 2.03. The lowest BCUT2D eigenvalue weighted by atomic mass is 9.55. The van der Waals surface area contributed by atoms with Crippen molar-refractivity contribution in [3.63, 3.8) is 0 Å². The van der Waals surface area contributed by atoms with Crippen LogP contribution >= 0.6 is 0 Å². The molecule has 8 heteroatoms. The van der Waals surface area contributed by atoms with Crippen molar-refractivity contribution >= 4 is 28.6 Å². The maximum absolute atomic E-state index is 13.7. The molecule has 2 amide bonds. The molecule has 204 valence electrons. The highest BCUT2D eigenvalue weighted by Gasteiger charge is 2.50. The molecular formula is C31H36N4O4.